The van der Waals surface area contributed by atoms with Gasteiger partial charge >= 0.3 is 0 Å². The fourth-order valence-electron chi connectivity index (χ4n) is 3.63. The maximum atomic E-state index is 11.8. The zero-order chi connectivity index (χ0) is 19.4. The average Bonchev–Trinajstić information content (AvgIpc) is 3.22. The second kappa shape index (κ2) is 8.35. The van der Waals surface area contributed by atoms with Crippen molar-refractivity contribution >= 4 is 11.6 Å². The van der Waals surface area contributed by atoms with Crippen LogP contribution >= 0.6 is 0 Å². The van der Waals surface area contributed by atoms with Crippen LogP contribution in [0.5, 0.6) is 11.5 Å². The van der Waals surface area contributed by atoms with E-state index >= 15 is 0 Å². The van der Waals surface area contributed by atoms with E-state index < -0.39 is 0 Å². The Morgan fingerprint density at radius 3 is 2.19 bits per heavy atom. The molecule has 1 N–H and O–H groups in total. The smallest absolute Gasteiger partial charge is 0.166 e. The van der Waals surface area contributed by atoms with Gasteiger partial charge in [0.25, 0.3) is 0 Å². The van der Waals surface area contributed by atoms with Crippen molar-refractivity contribution in [2.75, 3.05) is 20.8 Å². The number of carbonyl (C=O) groups is 2. The van der Waals surface area contributed by atoms with Gasteiger partial charge in [-0.2, -0.15) is 0 Å². The maximum absolute atomic E-state index is 11.8. The van der Waals surface area contributed by atoms with E-state index in [1.54, 1.807) is 20.3 Å². The van der Waals surface area contributed by atoms with Crippen molar-refractivity contribution in [3.05, 3.63) is 58.7 Å². The van der Waals surface area contributed by atoms with Crippen LogP contribution in [-0.2, 0) is 12.8 Å². The highest BCUT2D eigenvalue weighted by Crippen LogP contribution is 2.31. The van der Waals surface area contributed by atoms with Crippen LogP contribution in [0.25, 0.3) is 0 Å². The molecule has 0 saturated carbocycles. The number of rotatable bonds is 4. The van der Waals surface area contributed by atoms with Crippen molar-refractivity contribution in [2.24, 2.45) is 5.92 Å². The number of methoxy groups -OCH3 is 2. The molecule has 2 aliphatic carbocycles. The van der Waals surface area contributed by atoms with Gasteiger partial charge in [0.05, 0.1) is 14.2 Å². The highest BCUT2D eigenvalue weighted by Gasteiger charge is 2.29. The molecule has 4 rings (SSSR count). The largest absolute Gasteiger partial charge is 0.497 e. The van der Waals surface area contributed by atoms with Crippen molar-refractivity contribution in [1.29, 1.82) is 0 Å². The summed E-state index contributed by atoms with van der Waals surface area (Å²) in [6.07, 6.45) is 2.80. The molecule has 0 amide bonds. The van der Waals surface area contributed by atoms with E-state index in [1.807, 2.05) is 30.3 Å². The van der Waals surface area contributed by atoms with E-state index in [2.05, 4.69) is 0 Å². The van der Waals surface area contributed by atoms with Crippen LogP contribution in [0.4, 0.5) is 0 Å². The van der Waals surface area contributed by atoms with Gasteiger partial charge in [0.1, 0.15) is 11.5 Å². The summed E-state index contributed by atoms with van der Waals surface area (Å²) in [6.45, 7) is 0.0710. The summed E-state index contributed by atoms with van der Waals surface area (Å²) in [4.78, 5) is 23.1. The van der Waals surface area contributed by atoms with Gasteiger partial charge in [-0.1, -0.05) is 0 Å². The van der Waals surface area contributed by atoms with Crippen LogP contribution in [0.3, 0.4) is 0 Å². The summed E-state index contributed by atoms with van der Waals surface area (Å²) in [6, 6.07) is 11.2. The summed E-state index contributed by atoms with van der Waals surface area (Å²) in [7, 11) is 3.25. The lowest BCUT2D eigenvalue weighted by molar-refractivity contribution is 0.0914. The Hall–Kier alpha value is -2.66. The van der Waals surface area contributed by atoms with Gasteiger partial charge in [-0.25, -0.2) is 0 Å². The second-order valence-electron chi connectivity index (χ2n) is 6.75. The van der Waals surface area contributed by atoms with E-state index in [0.29, 0.717) is 12.8 Å². The highest BCUT2D eigenvalue weighted by molar-refractivity contribution is 6.02. The van der Waals surface area contributed by atoms with Crippen LogP contribution in [-0.4, -0.2) is 37.5 Å². The Balaban J connectivity index is 0.000000159. The fraction of sp³-hybridized carbons (Fsp3) is 0.364. The van der Waals surface area contributed by atoms with Crippen LogP contribution in [0.2, 0.25) is 0 Å². The lowest BCUT2D eigenvalue weighted by Gasteiger charge is -2.02. The quantitative estimate of drug-likeness (QED) is 0.897. The van der Waals surface area contributed by atoms with Crippen molar-refractivity contribution in [2.45, 2.75) is 25.7 Å². The number of ether oxygens (including phenoxy) is 2. The van der Waals surface area contributed by atoms with Gasteiger partial charge in [0.15, 0.2) is 11.6 Å². The topological polar surface area (TPSA) is 72.8 Å². The molecule has 142 valence electrons. The third kappa shape index (κ3) is 4.03. The number of benzene rings is 2. The molecule has 0 aromatic heterocycles. The molecule has 2 aromatic carbocycles. The summed E-state index contributed by atoms with van der Waals surface area (Å²) in [5.41, 5.74) is 3.82. The maximum Gasteiger partial charge on any atom is 0.166 e. The minimum absolute atomic E-state index is 0.0443. The van der Waals surface area contributed by atoms with Crippen molar-refractivity contribution in [3.63, 3.8) is 0 Å². The molecule has 5 heteroatoms. The number of hydrogen-bond acceptors (Lipinski definition) is 5. The zero-order valence-electron chi connectivity index (χ0n) is 15.7. The summed E-state index contributed by atoms with van der Waals surface area (Å²) >= 11 is 0. The number of carbonyl (C=O) groups excluding carboxylic acids is 2. The number of fused-ring (bicyclic) bond motifs is 2. The molecule has 0 aliphatic heterocycles. The summed E-state index contributed by atoms with van der Waals surface area (Å²) in [5, 5.41) is 8.85. The van der Waals surface area contributed by atoms with E-state index in [1.165, 1.54) is 0 Å². The highest BCUT2D eigenvalue weighted by atomic mass is 16.5. The number of hydrogen-bond donors (Lipinski definition) is 1. The Labute approximate surface area is 158 Å². The Kier molecular flexibility index (Phi) is 5.91. The zero-order valence-corrected chi connectivity index (χ0v) is 15.7. The third-order valence-corrected chi connectivity index (χ3v) is 5.13. The van der Waals surface area contributed by atoms with E-state index in [9.17, 15) is 9.59 Å². The van der Waals surface area contributed by atoms with E-state index in [0.717, 1.165) is 46.6 Å². The normalized spacial score (nSPS) is 17.1. The molecule has 2 aliphatic rings. The molecule has 2 aromatic rings. The summed E-state index contributed by atoms with van der Waals surface area (Å²) in [5.74, 6) is 1.99. The fourth-order valence-corrected chi connectivity index (χ4v) is 3.63. The molecule has 5 nitrogen and oxygen atoms in total. The molecule has 0 saturated heterocycles. The van der Waals surface area contributed by atoms with Crippen LogP contribution in [0.15, 0.2) is 36.4 Å². The predicted octanol–water partition coefficient (Wildman–Crippen LogP) is 3.26. The molecule has 0 heterocycles. The van der Waals surface area contributed by atoms with Crippen LogP contribution < -0.4 is 9.47 Å². The van der Waals surface area contributed by atoms with Gasteiger partial charge in [-0.05, 0) is 66.8 Å². The van der Waals surface area contributed by atoms with Gasteiger partial charge < -0.3 is 14.6 Å². The SMILES string of the molecule is COc1ccc2c(c1)CC(CCO)C2=O.COc1ccc2c(c1)CCC2=O. The van der Waals surface area contributed by atoms with Crippen molar-refractivity contribution < 1.29 is 24.2 Å². The Bertz CT molecular complexity index is 856. The molecule has 0 spiro atoms. The van der Waals surface area contributed by atoms with Crippen LogP contribution in [0.1, 0.15) is 44.7 Å². The first-order valence-electron chi connectivity index (χ1n) is 9.09. The Morgan fingerprint density at radius 2 is 1.56 bits per heavy atom. The first-order chi connectivity index (χ1) is 13.1. The monoisotopic (exact) mass is 368 g/mol. The standard InChI is InChI=1S/C12H14O3.C10H10O2/c1-15-10-2-3-11-9(7-10)6-8(4-5-13)12(11)14;1-12-8-3-4-9-7(6-8)2-5-10(9)11/h2-3,7-8,13H,4-6H2,1H3;3-4,6H,2,5H2,1H3. The minimum atomic E-state index is -0.0443. The molecule has 0 radical (unpaired) electrons. The first kappa shape index (κ1) is 19.1. The van der Waals surface area contributed by atoms with E-state index in [4.69, 9.17) is 14.6 Å². The van der Waals surface area contributed by atoms with Gasteiger partial charge in [0.2, 0.25) is 0 Å². The molecular formula is C22H24O5. The molecular weight excluding hydrogens is 344 g/mol. The number of aryl methyl sites for hydroxylation is 1. The first-order valence-corrected chi connectivity index (χ1v) is 9.09. The second-order valence-corrected chi connectivity index (χ2v) is 6.75. The molecule has 27 heavy (non-hydrogen) atoms. The number of aliphatic hydroxyl groups is 1. The van der Waals surface area contributed by atoms with Crippen molar-refractivity contribution in [1.82, 2.24) is 0 Å². The minimum Gasteiger partial charge on any atom is -0.497 e. The van der Waals surface area contributed by atoms with Gasteiger partial charge in [-0.15, -0.1) is 0 Å². The predicted molar refractivity (Wildman–Crippen MR) is 102 cm³/mol. The molecule has 1 unspecified atom stereocenters. The Morgan fingerprint density at radius 1 is 0.926 bits per heavy atom. The van der Waals surface area contributed by atoms with E-state index in [-0.39, 0.29) is 24.1 Å². The van der Waals surface area contributed by atoms with Crippen LogP contribution in [0, 0.1) is 5.92 Å². The van der Waals surface area contributed by atoms with Crippen molar-refractivity contribution in [3.8, 4) is 11.5 Å². The average molecular weight is 368 g/mol. The number of aliphatic hydroxyl groups excluding tert-OH is 1. The lowest BCUT2D eigenvalue weighted by Crippen LogP contribution is -2.10. The molecule has 0 fully saturated rings. The lowest BCUT2D eigenvalue weighted by atomic mass is 10.0. The molecule has 1 atom stereocenters. The number of ketones is 2. The number of Topliss-reactive ketones (excluding diaryl/α,β-unsaturated/α-hetero) is 2. The van der Waals surface area contributed by atoms with Gasteiger partial charge in [-0.3, -0.25) is 9.59 Å². The summed E-state index contributed by atoms with van der Waals surface area (Å²) < 4.78 is 10.2. The van der Waals surface area contributed by atoms with Gasteiger partial charge in [0, 0.05) is 30.1 Å². The third-order valence-electron chi connectivity index (χ3n) is 5.13. The molecule has 0 bridgehead atoms.